The Morgan fingerprint density at radius 2 is 2.00 bits per heavy atom. The molecule has 0 fully saturated rings. The molecule has 4 nitrogen and oxygen atoms in total. The fourth-order valence-corrected chi connectivity index (χ4v) is 2.08. The van der Waals surface area contributed by atoms with E-state index in [-0.39, 0.29) is 11.8 Å². The molecule has 0 saturated heterocycles. The second kappa shape index (κ2) is 4.76. The van der Waals surface area contributed by atoms with E-state index >= 15 is 0 Å². The second-order valence-electron chi connectivity index (χ2n) is 4.64. The van der Waals surface area contributed by atoms with Gasteiger partial charge in [-0.05, 0) is 11.6 Å². The first-order valence-corrected chi connectivity index (χ1v) is 6.15. The lowest BCUT2D eigenvalue weighted by Gasteiger charge is -2.07. The van der Waals surface area contributed by atoms with Crippen molar-refractivity contribution in [2.45, 2.75) is 12.6 Å². The lowest BCUT2D eigenvalue weighted by Crippen LogP contribution is -2.05. The third-order valence-corrected chi connectivity index (χ3v) is 3.03. The first-order valence-electron chi connectivity index (χ1n) is 6.15. The van der Waals surface area contributed by atoms with E-state index in [0.29, 0.717) is 17.0 Å². The molecule has 0 amide bonds. The number of pyridine rings is 1. The van der Waals surface area contributed by atoms with Crippen LogP contribution in [0.15, 0.2) is 47.4 Å². The number of alkyl halides is 3. The third kappa shape index (κ3) is 2.81. The molecular formula is C14H10F3N3O. The lowest BCUT2D eigenvalue weighted by atomic mass is 10.1. The van der Waals surface area contributed by atoms with Crippen LogP contribution in [-0.4, -0.2) is 14.6 Å². The molecule has 0 radical (unpaired) electrons. The van der Waals surface area contributed by atoms with Gasteiger partial charge in [0, 0.05) is 24.8 Å². The topological polar surface area (TPSA) is 50.2 Å². The minimum Gasteiger partial charge on any atom is -0.290 e. The van der Waals surface area contributed by atoms with Crippen LogP contribution in [0, 0.1) is 0 Å². The van der Waals surface area contributed by atoms with Gasteiger partial charge in [-0.2, -0.15) is 13.2 Å². The molecular weight excluding hydrogens is 283 g/mol. The number of rotatable bonds is 2. The van der Waals surface area contributed by atoms with Gasteiger partial charge in [0.1, 0.15) is 5.82 Å². The number of aromatic nitrogens is 3. The molecule has 7 heteroatoms. The van der Waals surface area contributed by atoms with E-state index in [1.807, 2.05) is 0 Å². The number of H-pyrrole nitrogens is 1. The lowest BCUT2D eigenvalue weighted by molar-refractivity contribution is -0.137. The summed E-state index contributed by atoms with van der Waals surface area (Å²) in [6.07, 6.45) is -2.61. The van der Waals surface area contributed by atoms with E-state index in [1.165, 1.54) is 24.4 Å². The Kier molecular flexibility index (Phi) is 3.04. The maximum absolute atomic E-state index is 12.7. The maximum atomic E-state index is 12.7. The predicted octanol–water partition coefficient (Wildman–Crippen LogP) is 2.63. The molecule has 0 spiro atoms. The number of nitrogens with one attached hydrogen (secondary N) is 1. The van der Waals surface area contributed by atoms with Crippen LogP contribution in [-0.2, 0) is 12.6 Å². The minimum atomic E-state index is -4.36. The number of hydrogen-bond acceptors (Lipinski definition) is 2. The van der Waals surface area contributed by atoms with Crippen molar-refractivity contribution in [3.05, 3.63) is 69.8 Å². The predicted molar refractivity (Wildman–Crippen MR) is 70.1 cm³/mol. The van der Waals surface area contributed by atoms with E-state index < -0.39 is 11.7 Å². The van der Waals surface area contributed by atoms with Gasteiger partial charge in [0.2, 0.25) is 0 Å². The smallest absolute Gasteiger partial charge is 0.290 e. The van der Waals surface area contributed by atoms with Crippen LogP contribution in [0.1, 0.15) is 17.0 Å². The van der Waals surface area contributed by atoms with Gasteiger partial charge in [0.05, 0.1) is 5.56 Å². The standard InChI is InChI=1S/C14H10F3N3O/c15-14(16,17)10-3-1-2-9(6-10)7-12-18-13-8-11(21)4-5-20(13)19-12/h1-6,8H,7H2,(H,18,19). The molecule has 0 bridgehead atoms. The summed E-state index contributed by atoms with van der Waals surface area (Å²) in [7, 11) is 0. The molecule has 21 heavy (non-hydrogen) atoms. The Morgan fingerprint density at radius 3 is 2.76 bits per heavy atom. The molecule has 0 aliphatic heterocycles. The summed E-state index contributed by atoms with van der Waals surface area (Å²) < 4.78 is 39.5. The highest BCUT2D eigenvalue weighted by Gasteiger charge is 2.30. The Morgan fingerprint density at radius 1 is 1.19 bits per heavy atom. The molecule has 3 aromatic rings. The summed E-state index contributed by atoms with van der Waals surface area (Å²) in [6, 6.07) is 7.82. The maximum Gasteiger partial charge on any atom is 0.416 e. The van der Waals surface area contributed by atoms with Crippen LogP contribution in [0.3, 0.4) is 0 Å². The summed E-state index contributed by atoms with van der Waals surface area (Å²) in [5.74, 6) is 0.486. The molecule has 108 valence electrons. The summed E-state index contributed by atoms with van der Waals surface area (Å²) in [5.41, 5.74) is 0.0639. The number of nitrogens with zero attached hydrogens (tertiary/aromatic N) is 2. The number of aromatic amines is 1. The van der Waals surface area contributed by atoms with Crippen molar-refractivity contribution in [3.63, 3.8) is 0 Å². The van der Waals surface area contributed by atoms with Gasteiger partial charge in [-0.15, -0.1) is 0 Å². The monoisotopic (exact) mass is 293 g/mol. The Balaban J connectivity index is 1.93. The van der Waals surface area contributed by atoms with E-state index in [4.69, 9.17) is 0 Å². The Bertz CT molecular complexity index is 848. The van der Waals surface area contributed by atoms with Gasteiger partial charge in [-0.25, -0.2) is 9.50 Å². The number of fused-ring (bicyclic) bond motifs is 1. The van der Waals surface area contributed by atoms with Gasteiger partial charge < -0.3 is 0 Å². The largest absolute Gasteiger partial charge is 0.416 e. The number of hydrogen-bond donors (Lipinski definition) is 1. The molecule has 0 aliphatic rings. The number of halogens is 3. The molecule has 1 aromatic carbocycles. The first kappa shape index (κ1) is 13.4. The van der Waals surface area contributed by atoms with E-state index in [0.717, 1.165) is 12.1 Å². The van der Waals surface area contributed by atoms with Crippen molar-refractivity contribution in [3.8, 4) is 0 Å². The second-order valence-corrected chi connectivity index (χ2v) is 4.64. The van der Waals surface area contributed by atoms with Crippen molar-refractivity contribution >= 4 is 5.65 Å². The first-order chi connectivity index (χ1) is 9.91. The van der Waals surface area contributed by atoms with Crippen LogP contribution >= 0.6 is 0 Å². The molecule has 3 rings (SSSR count). The SMILES string of the molecule is O=c1ccn2[nH]c(Cc3cccc(C(F)(F)F)c3)nc2c1. The zero-order valence-corrected chi connectivity index (χ0v) is 10.7. The quantitative estimate of drug-likeness (QED) is 0.789. The molecule has 0 unspecified atom stereocenters. The highest BCUT2D eigenvalue weighted by Crippen LogP contribution is 2.29. The summed E-state index contributed by atoms with van der Waals surface area (Å²) in [5, 5.41) is 2.91. The average molecular weight is 293 g/mol. The van der Waals surface area contributed by atoms with Crippen LogP contribution in [0.5, 0.6) is 0 Å². The molecule has 1 N–H and O–H groups in total. The van der Waals surface area contributed by atoms with Crippen LogP contribution in [0.25, 0.3) is 5.65 Å². The molecule has 0 saturated carbocycles. The zero-order chi connectivity index (χ0) is 15.0. The van der Waals surface area contributed by atoms with Crippen molar-refractivity contribution in [2.24, 2.45) is 0 Å². The Hall–Kier alpha value is -2.57. The summed E-state index contributed by atoms with van der Waals surface area (Å²) in [6.45, 7) is 0. The molecule has 0 aliphatic carbocycles. The van der Waals surface area contributed by atoms with Gasteiger partial charge >= 0.3 is 6.18 Å². The van der Waals surface area contributed by atoms with Crippen LogP contribution in [0.2, 0.25) is 0 Å². The van der Waals surface area contributed by atoms with E-state index in [1.54, 1.807) is 10.6 Å². The van der Waals surface area contributed by atoms with Gasteiger partial charge in [-0.1, -0.05) is 18.2 Å². The van der Waals surface area contributed by atoms with Crippen molar-refractivity contribution in [1.29, 1.82) is 0 Å². The van der Waals surface area contributed by atoms with Crippen LogP contribution < -0.4 is 5.43 Å². The summed E-state index contributed by atoms with van der Waals surface area (Å²) in [4.78, 5) is 15.4. The third-order valence-electron chi connectivity index (χ3n) is 3.03. The van der Waals surface area contributed by atoms with Crippen molar-refractivity contribution in [2.75, 3.05) is 0 Å². The van der Waals surface area contributed by atoms with Gasteiger partial charge in [-0.3, -0.25) is 9.89 Å². The number of benzene rings is 1. The fraction of sp³-hybridized carbons (Fsp3) is 0.143. The molecule has 2 heterocycles. The van der Waals surface area contributed by atoms with Crippen LogP contribution in [0.4, 0.5) is 13.2 Å². The average Bonchev–Trinajstić information content (AvgIpc) is 2.79. The van der Waals surface area contributed by atoms with E-state index in [9.17, 15) is 18.0 Å². The van der Waals surface area contributed by atoms with Gasteiger partial charge in [0.25, 0.3) is 0 Å². The highest BCUT2D eigenvalue weighted by molar-refractivity contribution is 5.37. The highest BCUT2D eigenvalue weighted by atomic mass is 19.4. The summed E-state index contributed by atoms with van der Waals surface area (Å²) >= 11 is 0. The molecule has 2 aromatic heterocycles. The molecule has 0 atom stereocenters. The fourth-order valence-electron chi connectivity index (χ4n) is 2.08. The van der Waals surface area contributed by atoms with Crippen molar-refractivity contribution < 1.29 is 13.2 Å². The van der Waals surface area contributed by atoms with Crippen molar-refractivity contribution in [1.82, 2.24) is 14.6 Å². The normalized spacial score (nSPS) is 12.0. The van der Waals surface area contributed by atoms with Gasteiger partial charge in [0.15, 0.2) is 11.1 Å². The Labute approximate surface area is 116 Å². The van der Waals surface area contributed by atoms with E-state index in [2.05, 4.69) is 10.1 Å². The zero-order valence-electron chi connectivity index (χ0n) is 10.7. The minimum absolute atomic E-state index is 0.174.